The van der Waals surface area contributed by atoms with Crippen molar-refractivity contribution in [3.05, 3.63) is 40.9 Å². The molecule has 1 aliphatic heterocycles. The highest BCUT2D eigenvalue weighted by Crippen LogP contribution is 2.31. The number of benzene rings is 1. The first-order valence-corrected chi connectivity index (χ1v) is 10.7. The minimum Gasteiger partial charge on any atom is -0.396 e. The van der Waals surface area contributed by atoms with Crippen molar-refractivity contribution in [2.45, 2.75) is 33.2 Å². The Morgan fingerprint density at radius 3 is 2.76 bits per heavy atom. The van der Waals surface area contributed by atoms with Gasteiger partial charge in [0.05, 0.1) is 18.8 Å². The fraction of sp³-hybridized carbons (Fsp3) is 0.524. The van der Waals surface area contributed by atoms with Gasteiger partial charge in [0.1, 0.15) is 5.01 Å². The number of guanidine groups is 1. The van der Waals surface area contributed by atoms with Gasteiger partial charge < -0.3 is 20.5 Å². The maximum absolute atomic E-state index is 9.40. The van der Waals surface area contributed by atoms with E-state index in [4.69, 9.17) is 14.7 Å². The normalized spacial score (nSPS) is 19.1. The summed E-state index contributed by atoms with van der Waals surface area (Å²) < 4.78 is 5.58. The minimum atomic E-state index is -0.00811. The van der Waals surface area contributed by atoms with Gasteiger partial charge in [0.15, 0.2) is 5.96 Å². The molecule has 3 rings (SSSR count). The number of halogens is 1. The number of aromatic nitrogens is 1. The topological polar surface area (TPSA) is 78.8 Å². The lowest BCUT2D eigenvalue weighted by atomic mass is 9.84. The number of rotatable bonds is 8. The average molecular weight is 530 g/mol. The number of aliphatic hydroxyl groups excluding tert-OH is 1. The van der Waals surface area contributed by atoms with Crippen molar-refractivity contribution >= 4 is 41.3 Å². The monoisotopic (exact) mass is 530 g/mol. The van der Waals surface area contributed by atoms with Crippen LogP contribution in [0.4, 0.5) is 0 Å². The molecule has 2 aromatic rings. The summed E-state index contributed by atoms with van der Waals surface area (Å²) in [6.07, 6.45) is 1.71. The zero-order valence-electron chi connectivity index (χ0n) is 17.1. The van der Waals surface area contributed by atoms with Crippen molar-refractivity contribution in [3.63, 3.8) is 0 Å². The summed E-state index contributed by atoms with van der Waals surface area (Å²) >= 11 is 1.70. The molecular formula is C21H31IN4O2S. The Hall–Kier alpha value is -1.23. The third-order valence-corrected chi connectivity index (χ3v) is 6.29. The van der Waals surface area contributed by atoms with E-state index in [0.717, 1.165) is 54.8 Å². The summed E-state index contributed by atoms with van der Waals surface area (Å²) in [4.78, 5) is 10.7. The van der Waals surface area contributed by atoms with Crippen molar-refractivity contribution in [2.24, 2.45) is 10.4 Å². The average Bonchev–Trinajstić information content (AvgIpc) is 3.32. The van der Waals surface area contributed by atoms with E-state index in [9.17, 15) is 5.11 Å². The van der Waals surface area contributed by atoms with Crippen LogP contribution in [-0.2, 0) is 11.3 Å². The van der Waals surface area contributed by atoms with Gasteiger partial charge in [-0.15, -0.1) is 35.3 Å². The van der Waals surface area contributed by atoms with Gasteiger partial charge in [0.2, 0.25) is 0 Å². The molecule has 0 amide bonds. The Labute approximate surface area is 194 Å². The van der Waals surface area contributed by atoms with Crippen LogP contribution in [0.3, 0.4) is 0 Å². The largest absolute Gasteiger partial charge is 0.396 e. The Morgan fingerprint density at radius 1 is 1.31 bits per heavy atom. The standard InChI is InChI=1S/C21H30N4O2S.HI/c1-3-22-20(24-14-21(9-11-26)10-12-27-15-21)23-13-18-16(2)25-19(28-18)17-7-5-4-6-8-17;/h4-8,26H,3,9-15H2,1-2H3,(H2,22,23,24);1H. The lowest BCUT2D eigenvalue weighted by Gasteiger charge is -2.27. The molecule has 6 nitrogen and oxygen atoms in total. The van der Waals surface area contributed by atoms with E-state index in [0.29, 0.717) is 13.2 Å². The zero-order valence-corrected chi connectivity index (χ0v) is 20.3. The number of aryl methyl sites for hydroxylation is 1. The van der Waals surface area contributed by atoms with E-state index in [-0.39, 0.29) is 36.0 Å². The first kappa shape index (κ1) is 24.0. The summed E-state index contributed by atoms with van der Waals surface area (Å²) in [5.74, 6) is 0.792. The number of aliphatic imine (C=N–C) groups is 1. The van der Waals surface area contributed by atoms with Gasteiger partial charge in [-0.25, -0.2) is 9.98 Å². The highest BCUT2D eigenvalue weighted by atomic mass is 127. The number of hydrogen-bond acceptors (Lipinski definition) is 5. The number of thiazole rings is 1. The first-order chi connectivity index (χ1) is 13.7. The van der Waals surface area contributed by atoms with E-state index in [2.05, 4.69) is 29.7 Å². The summed E-state index contributed by atoms with van der Waals surface area (Å²) in [5, 5.41) is 17.2. The number of aliphatic hydroxyl groups is 1. The SMILES string of the molecule is CCNC(=NCc1sc(-c2ccccc2)nc1C)NCC1(CCO)CCOC1.I. The molecule has 3 N–H and O–H groups in total. The lowest BCUT2D eigenvalue weighted by molar-refractivity contribution is 0.127. The highest BCUT2D eigenvalue weighted by Gasteiger charge is 2.34. The number of ether oxygens (including phenoxy) is 1. The van der Waals surface area contributed by atoms with Crippen LogP contribution >= 0.6 is 35.3 Å². The second kappa shape index (κ2) is 11.8. The van der Waals surface area contributed by atoms with Crippen LogP contribution in [-0.4, -0.2) is 49.0 Å². The predicted molar refractivity (Wildman–Crippen MR) is 130 cm³/mol. The summed E-state index contributed by atoms with van der Waals surface area (Å²) in [5.41, 5.74) is 2.17. The zero-order chi connectivity index (χ0) is 19.8. The molecule has 0 aliphatic carbocycles. The fourth-order valence-corrected chi connectivity index (χ4v) is 4.35. The van der Waals surface area contributed by atoms with Crippen LogP contribution in [0, 0.1) is 12.3 Å². The van der Waals surface area contributed by atoms with Crippen LogP contribution in [0.2, 0.25) is 0 Å². The van der Waals surface area contributed by atoms with E-state index in [1.165, 1.54) is 4.88 Å². The molecule has 1 aromatic heterocycles. The van der Waals surface area contributed by atoms with E-state index < -0.39 is 0 Å². The fourth-order valence-electron chi connectivity index (χ4n) is 3.35. The van der Waals surface area contributed by atoms with Crippen LogP contribution in [0.1, 0.15) is 30.3 Å². The molecule has 0 saturated carbocycles. The van der Waals surface area contributed by atoms with Gasteiger partial charge in [-0.2, -0.15) is 0 Å². The van der Waals surface area contributed by atoms with Crippen molar-refractivity contribution in [1.29, 1.82) is 0 Å². The quantitative estimate of drug-likeness (QED) is 0.276. The minimum absolute atomic E-state index is 0. The second-order valence-electron chi connectivity index (χ2n) is 7.22. The summed E-state index contributed by atoms with van der Waals surface area (Å²) in [6.45, 7) is 7.87. The van der Waals surface area contributed by atoms with Gasteiger partial charge in [-0.3, -0.25) is 0 Å². The molecule has 1 aromatic carbocycles. The highest BCUT2D eigenvalue weighted by molar-refractivity contribution is 14.0. The second-order valence-corrected chi connectivity index (χ2v) is 8.30. The molecule has 1 fully saturated rings. The molecule has 0 radical (unpaired) electrons. The van der Waals surface area contributed by atoms with Crippen molar-refractivity contribution in [1.82, 2.24) is 15.6 Å². The third kappa shape index (κ3) is 6.63. The number of nitrogens with one attached hydrogen (secondary N) is 2. The van der Waals surface area contributed by atoms with Gasteiger partial charge in [0.25, 0.3) is 0 Å². The molecule has 160 valence electrons. The van der Waals surface area contributed by atoms with E-state index >= 15 is 0 Å². The van der Waals surface area contributed by atoms with Gasteiger partial charge in [-0.05, 0) is 26.7 Å². The van der Waals surface area contributed by atoms with Gasteiger partial charge in [0, 0.05) is 42.2 Å². The van der Waals surface area contributed by atoms with Crippen LogP contribution in [0.25, 0.3) is 10.6 Å². The number of hydrogen-bond donors (Lipinski definition) is 3. The van der Waals surface area contributed by atoms with Gasteiger partial charge in [-0.1, -0.05) is 30.3 Å². The van der Waals surface area contributed by atoms with Gasteiger partial charge >= 0.3 is 0 Å². The Kier molecular flexibility index (Phi) is 9.81. The molecule has 1 atom stereocenters. The van der Waals surface area contributed by atoms with E-state index in [1.54, 1.807) is 11.3 Å². The molecular weight excluding hydrogens is 499 g/mol. The maximum atomic E-state index is 9.40. The van der Waals surface area contributed by atoms with Crippen LogP contribution in [0.5, 0.6) is 0 Å². The molecule has 0 bridgehead atoms. The third-order valence-electron chi connectivity index (χ3n) is 5.10. The predicted octanol–water partition coefficient (Wildman–Crippen LogP) is 3.58. The Balaban J connectivity index is 0.00000300. The van der Waals surface area contributed by atoms with Crippen LogP contribution in [0.15, 0.2) is 35.3 Å². The molecule has 1 unspecified atom stereocenters. The maximum Gasteiger partial charge on any atom is 0.191 e. The molecule has 8 heteroatoms. The first-order valence-electron chi connectivity index (χ1n) is 9.88. The van der Waals surface area contributed by atoms with Crippen molar-refractivity contribution < 1.29 is 9.84 Å². The molecule has 1 aliphatic rings. The summed E-state index contributed by atoms with van der Waals surface area (Å²) in [7, 11) is 0. The Morgan fingerprint density at radius 2 is 2.10 bits per heavy atom. The van der Waals surface area contributed by atoms with Crippen LogP contribution < -0.4 is 10.6 Å². The molecule has 1 saturated heterocycles. The summed E-state index contributed by atoms with van der Waals surface area (Å²) in [6, 6.07) is 10.3. The Bertz CT molecular complexity index is 776. The lowest BCUT2D eigenvalue weighted by Crippen LogP contribution is -2.44. The van der Waals surface area contributed by atoms with Crippen molar-refractivity contribution in [3.8, 4) is 10.6 Å². The number of nitrogens with zero attached hydrogens (tertiary/aromatic N) is 2. The van der Waals surface area contributed by atoms with E-state index in [1.807, 2.05) is 25.1 Å². The van der Waals surface area contributed by atoms with Crippen molar-refractivity contribution in [2.75, 3.05) is 32.9 Å². The molecule has 0 spiro atoms. The smallest absolute Gasteiger partial charge is 0.191 e. The molecule has 29 heavy (non-hydrogen) atoms. The molecule has 2 heterocycles.